The van der Waals surface area contributed by atoms with E-state index in [9.17, 15) is 23.1 Å². The molecule has 2 N–H and O–H groups in total. The number of nitrogens with zero attached hydrogens (tertiary/aromatic N) is 1. The molecule has 6 atom stereocenters. The molecule has 10 heteroatoms. The number of aliphatic hydroxyl groups is 1. The minimum absolute atomic E-state index is 0.0229. The highest BCUT2D eigenvalue weighted by atomic mass is 35.5. The number of benzene rings is 2. The summed E-state index contributed by atoms with van der Waals surface area (Å²) in [5.74, 6) is -0.413. The number of hydrogen-bond donors (Lipinski definition) is 2. The summed E-state index contributed by atoms with van der Waals surface area (Å²) in [6, 6.07) is 11.2. The number of allylic oxidation sites excluding steroid dienone is 1. The Balaban J connectivity index is 1.45. The normalized spacial score (nSPS) is 33.9. The van der Waals surface area contributed by atoms with Crippen molar-refractivity contribution < 1.29 is 27.9 Å². The lowest BCUT2D eigenvalue weighted by molar-refractivity contribution is -0.115. The Bertz CT molecular complexity index is 1590. The van der Waals surface area contributed by atoms with Crippen molar-refractivity contribution >= 4 is 39.5 Å². The predicted molar refractivity (Wildman–Crippen MR) is 171 cm³/mol. The number of nitrogens with one attached hydrogen (secondary N) is 1. The second kappa shape index (κ2) is 11.8. The maximum atomic E-state index is 13.4. The van der Waals surface area contributed by atoms with Gasteiger partial charge in [-0.25, -0.2) is 13.1 Å². The fourth-order valence-electron chi connectivity index (χ4n) is 7.73. The summed E-state index contributed by atoms with van der Waals surface area (Å²) in [5, 5.41) is 11.7. The zero-order chi connectivity index (χ0) is 31.3. The van der Waals surface area contributed by atoms with Gasteiger partial charge < -0.3 is 19.5 Å². The molecular formula is C34H41ClN2O6S. The Labute approximate surface area is 264 Å². The number of anilines is 1. The van der Waals surface area contributed by atoms with Crippen LogP contribution in [-0.4, -0.2) is 56.3 Å². The first-order valence-electron chi connectivity index (χ1n) is 15.6. The van der Waals surface area contributed by atoms with Crippen molar-refractivity contribution in [3.63, 3.8) is 0 Å². The first-order chi connectivity index (χ1) is 20.9. The topological polar surface area (TPSA) is 113 Å². The molecule has 2 aromatic rings. The van der Waals surface area contributed by atoms with E-state index in [1.54, 1.807) is 44.2 Å². The Kier molecular flexibility index (Phi) is 8.35. The summed E-state index contributed by atoms with van der Waals surface area (Å²) in [6.07, 6.45) is 9.15. The summed E-state index contributed by atoms with van der Waals surface area (Å²) >= 11 is 6.39. The monoisotopic (exact) mass is 640 g/mol. The van der Waals surface area contributed by atoms with Crippen LogP contribution in [0.3, 0.4) is 0 Å². The second-order valence-electron chi connectivity index (χ2n) is 13.4. The molecule has 236 valence electrons. The second-order valence-corrected chi connectivity index (χ2v) is 15.9. The van der Waals surface area contributed by atoms with Gasteiger partial charge in [-0.15, -0.1) is 0 Å². The lowest BCUT2D eigenvalue weighted by atomic mass is 9.63. The molecule has 1 fully saturated rings. The number of aldehydes is 1. The van der Waals surface area contributed by atoms with Crippen molar-refractivity contribution in [3.8, 4) is 5.75 Å². The summed E-state index contributed by atoms with van der Waals surface area (Å²) in [6.45, 7) is 5.05. The SMILES string of the molecule is C[C@@H]1[C@@H](C)C/C=C\[C@@](O)(CC=O)[C@@H]2CC[C@H]2CN2C[C@@]3(CCCc4cc(Cl)ccc43)COc3ccc(cc32)C(=O)NS1(=O)=O. The van der Waals surface area contributed by atoms with Crippen LogP contribution in [0.5, 0.6) is 5.75 Å². The summed E-state index contributed by atoms with van der Waals surface area (Å²) < 4.78 is 35.3. The molecule has 0 aromatic heterocycles. The average Bonchev–Trinajstić information content (AvgIpc) is 3.11. The van der Waals surface area contributed by atoms with Crippen molar-refractivity contribution in [3.05, 3.63) is 70.3 Å². The highest BCUT2D eigenvalue weighted by Crippen LogP contribution is 2.48. The van der Waals surface area contributed by atoms with Crippen molar-refractivity contribution in [1.82, 2.24) is 4.72 Å². The minimum Gasteiger partial charge on any atom is -0.490 e. The molecule has 2 heterocycles. The van der Waals surface area contributed by atoms with Crippen LogP contribution in [0.4, 0.5) is 5.69 Å². The number of hydrogen-bond acceptors (Lipinski definition) is 7. The van der Waals surface area contributed by atoms with Gasteiger partial charge in [0.15, 0.2) is 0 Å². The number of carbonyl (C=O) groups is 2. The smallest absolute Gasteiger partial charge is 0.264 e. The number of fused-ring (bicyclic) bond motifs is 4. The van der Waals surface area contributed by atoms with Crippen LogP contribution in [-0.2, 0) is 26.7 Å². The fraction of sp³-hybridized carbons (Fsp3) is 0.529. The Morgan fingerprint density at radius 2 is 2.00 bits per heavy atom. The third kappa shape index (κ3) is 5.67. The van der Waals surface area contributed by atoms with Crippen LogP contribution >= 0.6 is 11.6 Å². The zero-order valence-corrected chi connectivity index (χ0v) is 26.9. The molecule has 8 nitrogen and oxygen atoms in total. The third-order valence-electron chi connectivity index (χ3n) is 10.7. The van der Waals surface area contributed by atoms with Crippen LogP contribution in [0.25, 0.3) is 0 Å². The Morgan fingerprint density at radius 3 is 2.75 bits per heavy atom. The van der Waals surface area contributed by atoms with Crippen molar-refractivity contribution in [2.75, 3.05) is 24.6 Å². The fourth-order valence-corrected chi connectivity index (χ4v) is 9.21. The molecule has 0 unspecified atom stereocenters. The van der Waals surface area contributed by atoms with Crippen LogP contribution in [0.15, 0.2) is 48.6 Å². The number of rotatable bonds is 2. The predicted octanol–water partition coefficient (Wildman–Crippen LogP) is 5.20. The van der Waals surface area contributed by atoms with Gasteiger partial charge in [0.25, 0.3) is 5.91 Å². The maximum Gasteiger partial charge on any atom is 0.264 e. The first-order valence-corrected chi connectivity index (χ1v) is 17.6. The van der Waals surface area contributed by atoms with E-state index in [-0.39, 0.29) is 35.2 Å². The van der Waals surface area contributed by atoms with E-state index < -0.39 is 26.8 Å². The third-order valence-corrected chi connectivity index (χ3v) is 12.8. The molecule has 1 saturated carbocycles. The lowest BCUT2D eigenvalue weighted by Crippen LogP contribution is -2.52. The molecule has 0 saturated heterocycles. The lowest BCUT2D eigenvalue weighted by Gasteiger charge is -2.49. The summed E-state index contributed by atoms with van der Waals surface area (Å²) in [4.78, 5) is 27.4. The number of amides is 1. The van der Waals surface area contributed by atoms with Gasteiger partial charge in [0.2, 0.25) is 10.0 Å². The molecule has 44 heavy (non-hydrogen) atoms. The van der Waals surface area contributed by atoms with E-state index in [0.717, 1.165) is 44.1 Å². The van der Waals surface area contributed by atoms with Gasteiger partial charge in [-0.05, 0) is 105 Å². The molecule has 4 aliphatic rings. The average molecular weight is 641 g/mol. The van der Waals surface area contributed by atoms with Gasteiger partial charge in [0.05, 0.1) is 23.1 Å². The zero-order valence-electron chi connectivity index (χ0n) is 25.3. The van der Waals surface area contributed by atoms with Gasteiger partial charge in [-0.2, -0.15) is 0 Å². The van der Waals surface area contributed by atoms with E-state index in [4.69, 9.17) is 16.3 Å². The van der Waals surface area contributed by atoms with Crippen molar-refractivity contribution in [2.24, 2.45) is 17.8 Å². The highest BCUT2D eigenvalue weighted by Gasteiger charge is 2.48. The van der Waals surface area contributed by atoms with E-state index in [2.05, 4.69) is 15.7 Å². The molecule has 2 aliphatic heterocycles. The first kappa shape index (κ1) is 31.1. The van der Waals surface area contributed by atoms with Gasteiger partial charge in [-0.3, -0.25) is 4.79 Å². The highest BCUT2D eigenvalue weighted by molar-refractivity contribution is 7.90. The van der Waals surface area contributed by atoms with Crippen LogP contribution < -0.4 is 14.4 Å². The van der Waals surface area contributed by atoms with Gasteiger partial charge in [0, 0.05) is 35.5 Å². The number of aryl methyl sites for hydroxylation is 1. The van der Waals surface area contributed by atoms with Gasteiger partial charge in [-0.1, -0.05) is 36.7 Å². The van der Waals surface area contributed by atoms with Gasteiger partial charge in [0.1, 0.15) is 12.0 Å². The number of halogens is 1. The molecule has 2 aliphatic carbocycles. The standard InChI is InChI=1S/C34H41ClN2O6S/c1-22-5-3-14-34(40,15-16-38)29-10-7-26(29)19-37-20-33(13-4-6-24-17-27(35)9-11-28(24)33)21-43-31-12-8-25(18-30(31)37)32(39)36-44(41,42)23(22)2/h3,8-9,11-12,14,16-18,22-23,26,29,40H,4-7,10,13,15,19-21H2,1-2H3,(H,36,39)/b14-3-/t22-,23+,26-,29+,33-,34+/m0/s1. The van der Waals surface area contributed by atoms with Gasteiger partial charge >= 0.3 is 0 Å². The van der Waals surface area contributed by atoms with Crippen LogP contribution in [0.2, 0.25) is 5.02 Å². The molecule has 2 aromatic carbocycles. The largest absolute Gasteiger partial charge is 0.490 e. The molecule has 1 amide bonds. The summed E-state index contributed by atoms with van der Waals surface area (Å²) in [5.41, 5.74) is 1.74. The molecular weight excluding hydrogens is 600 g/mol. The molecule has 6 rings (SSSR count). The quantitative estimate of drug-likeness (QED) is 0.343. The molecule has 1 spiro atoms. The number of carbonyl (C=O) groups excluding carboxylic acids is 2. The van der Waals surface area contributed by atoms with Crippen LogP contribution in [0, 0.1) is 17.8 Å². The van der Waals surface area contributed by atoms with E-state index in [1.807, 2.05) is 12.1 Å². The Morgan fingerprint density at radius 1 is 1.18 bits per heavy atom. The van der Waals surface area contributed by atoms with Crippen molar-refractivity contribution in [1.29, 1.82) is 0 Å². The van der Waals surface area contributed by atoms with E-state index in [1.165, 1.54) is 11.1 Å². The number of sulfonamides is 1. The van der Waals surface area contributed by atoms with E-state index >= 15 is 0 Å². The maximum absolute atomic E-state index is 13.4. The van der Waals surface area contributed by atoms with Crippen molar-refractivity contribution in [2.45, 2.75) is 75.1 Å². The molecule has 0 radical (unpaired) electrons. The Hall–Kier alpha value is -2.88. The van der Waals surface area contributed by atoms with E-state index in [0.29, 0.717) is 36.9 Å². The number of ether oxygens (including phenoxy) is 1. The minimum atomic E-state index is -3.99. The summed E-state index contributed by atoms with van der Waals surface area (Å²) in [7, 11) is -3.99. The van der Waals surface area contributed by atoms with Crippen LogP contribution in [0.1, 0.15) is 73.9 Å². The molecule has 2 bridgehead atoms.